The molecule has 1 aliphatic rings. The molecule has 1 fully saturated rings. The van der Waals surface area contributed by atoms with E-state index < -0.39 is 0 Å². The molecule has 1 aromatic carbocycles. The predicted octanol–water partition coefficient (Wildman–Crippen LogP) is 2.12. The molecule has 0 amide bonds. The normalized spacial score (nSPS) is 31.3. The van der Waals surface area contributed by atoms with Gasteiger partial charge in [0.05, 0.1) is 6.61 Å². The van der Waals surface area contributed by atoms with Gasteiger partial charge in [0.25, 0.3) is 0 Å². The Morgan fingerprint density at radius 1 is 1.46 bits per heavy atom. The van der Waals surface area contributed by atoms with Crippen molar-refractivity contribution in [1.82, 2.24) is 0 Å². The van der Waals surface area contributed by atoms with E-state index in [0.717, 1.165) is 6.42 Å². The number of aliphatic hydroxyl groups is 1. The lowest BCUT2D eigenvalue weighted by Gasteiger charge is -2.13. The summed E-state index contributed by atoms with van der Waals surface area (Å²) in [4.78, 5) is 0. The highest BCUT2D eigenvalue weighted by Crippen LogP contribution is 2.54. The monoisotopic (exact) mass is 174 g/mol. The number of benzene rings is 1. The summed E-state index contributed by atoms with van der Waals surface area (Å²) in [6.45, 7) is 4.01. The van der Waals surface area contributed by atoms with Crippen molar-refractivity contribution < 1.29 is 5.11 Å². The Kier molecular flexibility index (Phi) is 1.97. The molecule has 0 spiro atoms. The van der Waals surface area contributed by atoms with E-state index in [1.54, 1.807) is 0 Å². The van der Waals surface area contributed by atoms with E-state index in [9.17, 15) is 5.11 Å². The molecule has 2 unspecified atom stereocenters. The van der Waals surface area contributed by atoms with Crippen LogP contribution in [0.1, 0.15) is 12.0 Å². The van der Waals surface area contributed by atoms with Crippen LogP contribution in [0.15, 0.2) is 43.0 Å². The van der Waals surface area contributed by atoms with E-state index in [4.69, 9.17) is 0 Å². The number of hydrogen-bond donors (Lipinski definition) is 1. The highest BCUT2D eigenvalue weighted by atomic mass is 16.3. The van der Waals surface area contributed by atoms with Crippen molar-refractivity contribution in [2.75, 3.05) is 6.61 Å². The zero-order valence-electron chi connectivity index (χ0n) is 7.61. The van der Waals surface area contributed by atoms with E-state index in [1.165, 1.54) is 5.56 Å². The van der Waals surface area contributed by atoms with Crippen molar-refractivity contribution in [3.63, 3.8) is 0 Å². The average molecular weight is 174 g/mol. The van der Waals surface area contributed by atoms with Gasteiger partial charge < -0.3 is 5.11 Å². The molecule has 0 aliphatic heterocycles. The Labute approximate surface area is 78.7 Å². The van der Waals surface area contributed by atoms with Gasteiger partial charge in [-0.15, -0.1) is 6.58 Å². The minimum absolute atomic E-state index is 0.0109. The van der Waals surface area contributed by atoms with Gasteiger partial charge in [0.15, 0.2) is 0 Å². The summed E-state index contributed by atoms with van der Waals surface area (Å²) in [6.07, 6.45) is 2.99. The topological polar surface area (TPSA) is 20.2 Å². The number of rotatable bonds is 3. The van der Waals surface area contributed by atoms with Crippen molar-refractivity contribution in [2.24, 2.45) is 5.92 Å². The molecule has 1 N–H and O–H groups in total. The van der Waals surface area contributed by atoms with E-state index in [2.05, 4.69) is 18.7 Å². The minimum Gasteiger partial charge on any atom is -0.395 e. The Morgan fingerprint density at radius 2 is 2.15 bits per heavy atom. The fourth-order valence-corrected chi connectivity index (χ4v) is 2.02. The summed E-state index contributed by atoms with van der Waals surface area (Å²) in [5.41, 5.74) is 1.23. The maximum atomic E-state index is 9.36. The van der Waals surface area contributed by atoms with Crippen LogP contribution in [0.4, 0.5) is 0 Å². The second-order valence-corrected chi connectivity index (χ2v) is 3.73. The van der Waals surface area contributed by atoms with Gasteiger partial charge in [0.1, 0.15) is 0 Å². The van der Waals surface area contributed by atoms with Gasteiger partial charge in [-0.1, -0.05) is 36.4 Å². The first-order chi connectivity index (χ1) is 6.33. The maximum Gasteiger partial charge on any atom is 0.0533 e. The largest absolute Gasteiger partial charge is 0.395 e. The minimum atomic E-state index is -0.0109. The first kappa shape index (κ1) is 8.52. The zero-order valence-corrected chi connectivity index (χ0v) is 7.61. The molecule has 0 aromatic heterocycles. The van der Waals surface area contributed by atoms with Gasteiger partial charge >= 0.3 is 0 Å². The van der Waals surface area contributed by atoms with Crippen LogP contribution in [0.2, 0.25) is 0 Å². The Balaban J connectivity index is 2.30. The number of allylic oxidation sites excluding steroid dienone is 1. The molecule has 0 saturated heterocycles. The molecule has 13 heavy (non-hydrogen) atoms. The smallest absolute Gasteiger partial charge is 0.0533 e. The van der Waals surface area contributed by atoms with Crippen LogP contribution < -0.4 is 0 Å². The molecule has 1 heteroatoms. The van der Waals surface area contributed by atoms with Gasteiger partial charge in [-0.25, -0.2) is 0 Å². The molecular weight excluding hydrogens is 160 g/mol. The Bertz CT molecular complexity index is 304. The molecule has 1 aromatic rings. The third-order valence-electron chi connectivity index (χ3n) is 3.05. The van der Waals surface area contributed by atoms with Crippen LogP contribution >= 0.6 is 0 Å². The van der Waals surface area contributed by atoms with E-state index >= 15 is 0 Å². The average Bonchev–Trinajstić information content (AvgIpc) is 2.94. The second-order valence-electron chi connectivity index (χ2n) is 3.73. The first-order valence-corrected chi connectivity index (χ1v) is 4.62. The Morgan fingerprint density at radius 3 is 2.62 bits per heavy atom. The summed E-state index contributed by atoms with van der Waals surface area (Å²) >= 11 is 0. The van der Waals surface area contributed by atoms with E-state index in [-0.39, 0.29) is 12.0 Å². The van der Waals surface area contributed by atoms with Crippen molar-refractivity contribution in [2.45, 2.75) is 11.8 Å². The lowest BCUT2D eigenvalue weighted by molar-refractivity contribution is 0.249. The first-order valence-electron chi connectivity index (χ1n) is 4.62. The van der Waals surface area contributed by atoms with Crippen molar-refractivity contribution in [3.8, 4) is 0 Å². The summed E-state index contributed by atoms with van der Waals surface area (Å²) in [7, 11) is 0. The molecular formula is C12H14O. The molecule has 0 heterocycles. The molecule has 1 aliphatic carbocycles. The summed E-state index contributed by atoms with van der Waals surface area (Å²) in [6, 6.07) is 10.2. The van der Waals surface area contributed by atoms with Crippen LogP contribution in [-0.2, 0) is 5.41 Å². The highest BCUT2D eigenvalue weighted by molar-refractivity contribution is 5.36. The third kappa shape index (κ3) is 1.20. The van der Waals surface area contributed by atoms with Crippen LogP contribution in [-0.4, -0.2) is 11.7 Å². The van der Waals surface area contributed by atoms with Crippen LogP contribution in [0.5, 0.6) is 0 Å². The van der Waals surface area contributed by atoms with Gasteiger partial charge in [0, 0.05) is 5.41 Å². The number of aliphatic hydroxyl groups excluding tert-OH is 1. The van der Waals surface area contributed by atoms with E-state index in [1.807, 2.05) is 24.3 Å². The molecule has 0 radical (unpaired) electrons. The van der Waals surface area contributed by atoms with Gasteiger partial charge in [-0.05, 0) is 17.9 Å². The lowest BCUT2D eigenvalue weighted by Crippen LogP contribution is -2.14. The van der Waals surface area contributed by atoms with Crippen molar-refractivity contribution >= 4 is 0 Å². The highest BCUT2D eigenvalue weighted by Gasteiger charge is 2.52. The van der Waals surface area contributed by atoms with Crippen molar-refractivity contribution in [3.05, 3.63) is 48.6 Å². The maximum absolute atomic E-state index is 9.36. The molecule has 0 bridgehead atoms. The summed E-state index contributed by atoms with van der Waals surface area (Å²) < 4.78 is 0. The fourth-order valence-electron chi connectivity index (χ4n) is 2.02. The predicted molar refractivity (Wildman–Crippen MR) is 53.5 cm³/mol. The summed E-state index contributed by atoms with van der Waals surface area (Å²) in [5, 5.41) is 9.36. The molecule has 1 nitrogen and oxygen atoms in total. The van der Waals surface area contributed by atoms with Crippen molar-refractivity contribution in [1.29, 1.82) is 0 Å². The fraction of sp³-hybridized carbons (Fsp3) is 0.333. The SMILES string of the molecule is C=CC1CC1(CO)c1ccccc1. The van der Waals surface area contributed by atoms with Gasteiger partial charge in [0.2, 0.25) is 0 Å². The molecule has 68 valence electrons. The van der Waals surface area contributed by atoms with Crippen LogP contribution in [0, 0.1) is 5.92 Å². The van der Waals surface area contributed by atoms with Gasteiger partial charge in [-0.3, -0.25) is 0 Å². The van der Waals surface area contributed by atoms with Crippen LogP contribution in [0.25, 0.3) is 0 Å². The lowest BCUT2D eigenvalue weighted by atomic mass is 9.94. The van der Waals surface area contributed by atoms with Crippen LogP contribution in [0.3, 0.4) is 0 Å². The molecule has 2 rings (SSSR count). The van der Waals surface area contributed by atoms with E-state index in [0.29, 0.717) is 5.92 Å². The number of hydrogen-bond acceptors (Lipinski definition) is 1. The zero-order chi connectivity index (χ0) is 9.31. The molecule has 2 atom stereocenters. The summed E-state index contributed by atoms with van der Waals surface area (Å²) in [5.74, 6) is 0.458. The van der Waals surface area contributed by atoms with Gasteiger partial charge in [-0.2, -0.15) is 0 Å². The second kappa shape index (κ2) is 3.00. The third-order valence-corrected chi connectivity index (χ3v) is 3.05. The molecule has 1 saturated carbocycles. The quantitative estimate of drug-likeness (QED) is 0.696. The standard InChI is InChI=1S/C12H14O/c1-2-10-8-12(10,9-13)11-6-4-3-5-7-11/h2-7,10,13H,1,8-9H2. The Hall–Kier alpha value is -1.08.